The lowest BCUT2D eigenvalue weighted by molar-refractivity contribution is -0.122. The molecule has 0 spiro atoms. The van der Waals surface area contributed by atoms with Gasteiger partial charge in [0.1, 0.15) is 5.82 Å². The lowest BCUT2D eigenvalue weighted by atomic mass is 9.82. The summed E-state index contributed by atoms with van der Waals surface area (Å²) in [4.78, 5) is 16.8. The van der Waals surface area contributed by atoms with Crippen LogP contribution >= 0.6 is 12.4 Å². The van der Waals surface area contributed by atoms with Crippen molar-refractivity contribution in [2.24, 2.45) is 5.73 Å². The molecule has 0 radical (unpaired) electrons. The first-order valence-corrected chi connectivity index (χ1v) is 7.67. The van der Waals surface area contributed by atoms with Crippen LogP contribution in [0.3, 0.4) is 0 Å². The average Bonchev–Trinajstić information content (AvgIpc) is 2.95. The number of rotatable bonds is 3. The molecule has 1 aliphatic rings. The normalized spacial score (nSPS) is 16.4. The van der Waals surface area contributed by atoms with Crippen molar-refractivity contribution < 1.29 is 4.79 Å². The summed E-state index contributed by atoms with van der Waals surface area (Å²) >= 11 is 0. The summed E-state index contributed by atoms with van der Waals surface area (Å²) in [7, 11) is 0. The van der Waals surface area contributed by atoms with Gasteiger partial charge in [-0.3, -0.25) is 9.89 Å². The number of carbonyl (C=O) groups excluding carboxylic acids is 1. The molecule has 1 saturated carbocycles. The number of anilines is 1. The van der Waals surface area contributed by atoms with E-state index in [-0.39, 0.29) is 18.3 Å². The highest BCUT2D eigenvalue weighted by molar-refractivity contribution is 5.98. The van der Waals surface area contributed by atoms with Crippen molar-refractivity contribution in [3.8, 4) is 11.4 Å². The van der Waals surface area contributed by atoms with Gasteiger partial charge in [-0.15, -0.1) is 12.4 Å². The Morgan fingerprint density at radius 1 is 1.30 bits per heavy atom. The molecule has 2 aromatic rings. The summed E-state index contributed by atoms with van der Waals surface area (Å²) in [6, 6.07) is 7.51. The van der Waals surface area contributed by atoms with E-state index in [1.165, 1.54) is 0 Å². The molecule has 4 N–H and O–H groups in total. The van der Waals surface area contributed by atoms with Gasteiger partial charge in [-0.2, -0.15) is 5.10 Å². The monoisotopic (exact) mass is 335 g/mol. The Labute approximate surface area is 141 Å². The van der Waals surface area contributed by atoms with Crippen LogP contribution in [0.1, 0.15) is 37.9 Å². The molecular weight excluding hydrogens is 314 g/mol. The van der Waals surface area contributed by atoms with Gasteiger partial charge in [0.25, 0.3) is 0 Å². The highest BCUT2D eigenvalue weighted by Gasteiger charge is 2.35. The predicted molar refractivity (Wildman–Crippen MR) is 92.4 cm³/mol. The average molecular weight is 336 g/mol. The Bertz CT molecular complexity index is 679. The Balaban J connectivity index is 0.00000192. The maximum Gasteiger partial charge on any atom is 0.244 e. The van der Waals surface area contributed by atoms with Crippen LogP contribution in [0.4, 0.5) is 5.69 Å². The highest BCUT2D eigenvalue weighted by Crippen LogP contribution is 2.28. The fraction of sp³-hybridized carbons (Fsp3) is 0.438. The molecule has 0 saturated heterocycles. The first-order valence-electron chi connectivity index (χ1n) is 7.67. The number of benzene rings is 1. The number of aryl methyl sites for hydroxylation is 1. The molecule has 1 amide bonds. The summed E-state index contributed by atoms with van der Waals surface area (Å²) in [6.07, 6.45) is 4.68. The molecule has 1 aliphatic carbocycles. The second kappa shape index (κ2) is 7.10. The minimum absolute atomic E-state index is 0. The Kier molecular flexibility index (Phi) is 5.38. The Morgan fingerprint density at radius 3 is 2.70 bits per heavy atom. The second-order valence-corrected chi connectivity index (χ2v) is 6.00. The van der Waals surface area contributed by atoms with Gasteiger partial charge in [-0.1, -0.05) is 31.4 Å². The van der Waals surface area contributed by atoms with E-state index in [1.807, 2.05) is 31.2 Å². The maximum atomic E-state index is 12.5. The third-order valence-electron chi connectivity index (χ3n) is 4.17. The minimum Gasteiger partial charge on any atom is -0.324 e. The molecule has 3 rings (SSSR count). The van der Waals surface area contributed by atoms with Crippen molar-refractivity contribution in [2.45, 2.75) is 44.6 Å². The number of carbonyl (C=O) groups is 1. The van der Waals surface area contributed by atoms with Crippen molar-refractivity contribution in [2.75, 3.05) is 5.32 Å². The van der Waals surface area contributed by atoms with E-state index < -0.39 is 5.54 Å². The zero-order chi connectivity index (χ0) is 15.6. The van der Waals surface area contributed by atoms with Crippen molar-refractivity contribution in [1.29, 1.82) is 0 Å². The number of hydrogen-bond donors (Lipinski definition) is 3. The maximum absolute atomic E-state index is 12.5. The largest absolute Gasteiger partial charge is 0.324 e. The van der Waals surface area contributed by atoms with E-state index in [0.717, 1.165) is 49.2 Å². The number of aromatic nitrogens is 3. The molecule has 0 unspecified atom stereocenters. The molecule has 1 aromatic heterocycles. The molecule has 1 heterocycles. The second-order valence-electron chi connectivity index (χ2n) is 6.00. The van der Waals surface area contributed by atoms with E-state index in [4.69, 9.17) is 5.73 Å². The number of nitrogens with zero attached hydrogens (tertiary/aromatic N) is 2. The first-order chi connectivity index (χ1) is 10.6. The van der Waals surface area contributed by atoms with E-state index in [9.17, 15) is 4.79 Å². The van der Waals surface area contributed by atoms with Crippen molar-refractivity contribution in [1.82, 2.24) is 15.2 Å². The van der Waals surface area contributed by atoms with Gasteiger partial charge in [0, 0.05) is 11.3 Å². The van der Waals surface area contributed by atoms with E-state index >= 15 is 0 Å². The number of hydrogen-bond acceptors (Lipinski definition) is 4. The molecule has 0 atom stereocenters. The fourth-order valence-corrected chi connectivity index (χ4v) is 2.87. The number of H-pyrrole nitrogens is 1. The lowest BCUT2D eigenvalue weighted by Crippen LogP contribution is -2.52. The van der Waals surface area contributed by atoms with E-state index in [1.54, 1.807) is 0 Å². The van der Waals surface area contributed by atoms with Crippen molar-refractivity contribution in [3.05, 3.63) is 30.1 Å². The van der Waals surface area contributed by atoms with Crippen LogP contribution in [0, 0.1) is 6.92 Å². The Morgan fingerprint density at radius 2 is 2.04 bits per heavy atom. The van der Waals surface area contributed by atoms with Gasteiger partial charge >= 0.3 is 0 Å². The van der Waals surface area contributed by atoms with E-state index in [2.05, 4.69) is 20.5 Å². The highest BCUT2D eigenvalue weighted by atomic mass is 35.5. The van der Waals surface area contributed by atoms with Crippen LogP contribution in [0.15, 0.2) is 24.3 Å². The van der Waals surface area contributed by atoms with Crippen LogP contribution in [0.2, 0.25) is 0 Å². The molecule has 0 aliphatic heterocycles. The van der Waals surface area contributed by atoms with E-state index in [0.29, 0.717) is 5.82 Å². The first kappa shape index (κ1) is 17.4. The summed E-state index contributed by atoms with van der Waals surface area (Å²) in [6.45, 7) is 1.85. The zero-order valence-corrected chi connectivity index (χ0v) is 13.9. The number of amides is 1. The van der Waals surface area contributed by atoms with Crippen LogP contribution in [0.25, 0.3) is 11.4 Å². The van der Waals surface area contributed by atoms with Crippen LogP contribution in [-0.4, -0.2) is 26.6 Å². The van der Waals surface area contributed by atoms with Crippen LogP contribution < -0.4 is 11.1 Å². The number of halogens is 1. The van der Waals surface area contributed by atoms with Crippen molar-refractivity contribution in [3.63, 3.8) is 0 Å². The summed E-state index contributed by atoms with van der Waals surface area (Å²) < 4.78 is 0. The summed E-state index contributed by atoms with van der Waals surface area (Å²) in [5, 5.41) is 9.89. The van der Waals surface area contributed by atoms with Gasteiger partial charge in [0.05, 0.1) is 5.54 Å². The molecule has 1 aromatic carbocycles. The zero-order valence-electron chi connectivity index (χ0n) is 13.1. The molecule has 0 bridgehead atoms. The fourth-order valence-electron chi connectivity index (χ4n) is 2.87. The van der Waals surface area contributed by atoms with Gasteiger partial charge in [-0.05, 0) is 31.9 Å². The van der Waals surface area contributed by atoms with Crippen LogP contribution in [0.5, 0.6) is 0 Å². The van der Waals surface area contributed by atoms with Gasteiger partial charge in [0.2, 0.25) is 5.91 Å². The van der Waals surface area contributed by atoms with Crippen molar-refractivity contribution >= 4 is 24.0 Å². The van der Waals surface area contributed by atoms with Crippen LogP contribution in [-0.2, 0) is 4.79 Å². The smallest absolute Gasteiger partial charge is 0.244 e. The minimum atomic E-state index is -0.741. The quantitative estimate of drug-likeness (QED) is 0.803. The summed E-state index contributed by atoms with van der Waals surface area (Å²) in [5.74, 6) is 1.27. The number of aromatic amines is 1. The molecular formula is C16H22ClN5O. The van der Waals surface area contributed by atoms with Gasteiger partial charge < -0.3 is 11.1 Å². The SMILES string of the molecule is Cc1nc(-c2cccc(NC(=O)C3(N)CCCCC3)c2)n[nH]1.Cl. The lowest BCUT2D eigenvalue weighted by Gasteiger charge is -2.31. The molecule has 7 heteroatoms. The molecule has 124 valence electrons. The predicted octanol–water partition coefficient (Wildman–Crippen LogP) is 2.80. The third-order valence-corrected chi connectivity index (χ3v) is 4.17. The van der Waals surface area contributed by atoms with Gasteiger partial charge in [-0.25, -0.2) is 4.98 Å². The summed E-state index contributed by atoms with van der Waals surface area (Å²) in [5.41, 5.74) is 7.10. The molecule has 1 fully saturated rings. The Hall–Kier alpha value is -1.92. The standard InChI is InChI=1S/C16H21N5O.ClH/c1-11-18-14(21-20-11)12-6-5-7-13(10-12)19-15(22)16(17)8-3-2-4-9-16;/h5-7,10H,2-4,8-9,17H2,1H3,(H,19,22)(H,18,20,21);1H. The third kappa shape index (κ3) is 3.89. The van der Waals surface area contributed by atoms with Gasteiger partial charge in [0.15, 0.2) is 5.82 Å². The number of nitrogens with one attached hydrogen (secondary N) is 2. The number of nitrogens with two attached hydrogens (primary N) is 1. The topological polar surface area (TPSA) is 96.7 Å². The molecule has 6 nitrogen and oxygen atoms in total. The molecule has 23 heavy (non-hydrogen) atoms.